The van der Waals surface area contributed by atoms with Crippen molar-refractivity contribution in [3.8, 4) is 0 Å². The number of aromatic amines is 1. The first-order valence-electron chi connectivity index (χ1n) is 7.19. The minimum absolute atomic E-state index is 0.00936. The first kappa shape index (κ1) is 15.3. The lowest BCUT2D eigenvalue weighted by molar-refractivity contribution is -0.142. The summed E-state index contributed by atoms with van der Waals surface area (Å²) in [7, 11) is 0. The van der Waals surface area contributed by atoms with Crippen LogP contribution in [0.1, 0.15) is 38.6 Å². The molecule has 2 amide bonds. The molecule has 0 aliphatic carbocycles. The van der Waals surface area contributed by atoms with E-state index in [2.05, 4.69) is 29.1 Å². The molecule has 0 fully saturated rings. The van der Waals surface area contributed by atoms with Crippen molar-refractivity contribution in [2.45, 2.75) is 52.2 Å². The van der Waals surface area contributed by atoms with Crippen molar-refractivity contribution in [3.63, 3.8) is 0 Å². The van der Waals surface area contributed by atoms with Crippen molar-refractivity contribution in [3.05, 3.63) is 17.7 Å². The number of fused-ring (bicyclic) bond motifs is 1. The number of aliphatic carboxylic acids is 1. The van der Waals surface area contributed by atoms with E-state index >= 15 is 0 Å². The molecule has 21 heavy (non-hydrogen) atoms. The normalized spacial score (nSPS) is 19.2. The van der Waals surface area contributed by atoms with Crippen LogP contribution in [0.25, 0.3) is 0 Å². The average Bonchev–Trinajstić information content (AvgIpc) is 2.82. The van der Waals surface area contributed by atoms with Crippen LogP contribution >= 0.6 is 0 Å². The predicted octanol–water partition coefficient (Wildman–Crippen LogP) is 1.37. The molecule has 0 aromatic carbocycles. The van der Waals surface area contributed by atoms with Crippen LogP contribution in [0, 0.1) is 5.92 Å². The summed E-state index contributed by atoms with van der Waals surface area (Å²) >= 11 is 0. The van der Waals surface area contributed by atoms with Gasteiger partial charge in [0.05, 0.1) is 24.3 Å². The van der Waals surface area contributed by atoms with Gasteiger partial charge < -0.3 is 20.3 Å². The number of carbonyl (C=O) groups excluding carboxylic acids is 1. The lowest BCUT2D eigenvalue weighted by Crippen LogP contribution is -2.53. The minimum atomic E-state index is -1.00. The van der Waals surface area contributed by atoms with Gasteiger partial charge in [-0.2, -0.15) is 0 Å². The summed E-state index contributed by atoms with van der Waals surface area (Å²) in [6.45, 7) is 6.34. The summed E-state index contributed by atoms with van der Waals surface area (Å²) in [5.41, 5.74) is 1.53. The molecule has 7 heteroatoms. The van der Waals surface area contributed by atoms with Crippen molar-refractivity contribution in [1.29, 1.82) is 0 Å². The predicted molar refractivity (Wildman–Crippen MR) is 76.7 cm³/mol. The van der Waals surface area contributed by atoms with Gasteiger partial charge in [-0.15, -0.1) is 0 Å². The van der Waals surface area contributed by atoms with E-state index < -0.39 is 12.0 Å². The quantitative estimate of drug-likeness (QED) is 0.781. The topological polar surface area (TPSA) is 98.3 Å². The Balaban J connectivity index is 2.09. The number of imidazole rings is 1. The summed E-state index contributed by atoms with van der Waals surface area (Å²) in [4.78, 5) is 32.2. The molecule has 1 aliphatic rings. The molecule has 3 N–H and O–H groups in total. The smallest absolute Gasteiger partial charge is 0.326 e. The van der Waals surface area contributed by atoms with E-state index in [4.69, 9.17) is 0 Å². The summed E-state index contributed by atoms with van der Waals surface area (Å²) in [6.07, 6.45) is 2.62. The molecule has 1 aliphatic heterocycles. The molecule has 0 spiro atoms. The number of nitrogens with one attached hydrogen (secondary N) is 2. The van der Waals surface area contributed by atoms with Crippen molar-refractivity contribution >= 4 is 12.0 Å². The Morgan fingerprint density at radius 2 is 2.24 bits per heavy atom. The maximum Gasteiger partial charge on any atom is 0.326 e. The van der Waals surface area contributed by atoms with Gasteiger partial charge in [-0.3, -0.25) is 0 Å². The SMILES string of the molecule is CC(C)CC(C)NC(=O)N1Cc2[nH]cnc2CC1C(=O)O. The molecular weight excluding hydrogens is 272 g/mol. The molecule has 0 bridgehead atoms. The van der Waals surface area contributed by atoms with Gasteiger partial charge in [0.1, 0.15) is 6.04 Å². The molecule has 0 radical (unpaired) electrons. The standard InChI is InChI=1S/C14H22N4O3/c1-8(2)4-9(3)17-14(21)18-6-11-10(15-7-16-11)5-12(18)13(19)20/h7-9,12H,4-6H2,1-3H3,(H,15,16)(H,17,21)(H,19,20). The van der Waals surface area contributed by atoms with Crippen LogP contribution in [0.5, 0.6) is 0 Å². The minimum Gasteiger partial charge on any atom is -0.480 e. The highest BCUT2D eigenvalue weighted by atomic mass is 16.4. The Morgan fingerprint density at radius 3 is 2.86 bits per heavy atom. The summed E-state index contributed by atoms with van der Waals surface area (Å²) in [5, 5.41) is 12.2. The maximum absolute atomic E-state index is 12.4. The second-order valence-corrected chi connectivity index (χ2v) is 5.99. The number of aromatic nitrogens is 2. The van der Waals surface area contributed by atoms with E-state index in [0.29, 0.717) is 5.92 Å². The summed E-state index contributed by atoms with van der Waals surface area (Å²) in [6, 6.07) is -1.20. The van der Waals surface area contributed by atoms with E-state index in [9.17, 15) is 14.7 Å². The molecule has 2 unspecified atom stereocenters. The molecular formula is C14H22N4O3. The molecule has 0 saturated carbocycles. The Morgan fingerprint density at radius 1 is 1.52 bits per heavy atom. The molecule has 2 heterocycles. The first-order chi connectivity index (χ1) is 9.88. The second-order valence-electron chi connectivity index (χ2n) is 5.99. The monoisotopic (exact) mass is 294 g/mol. The lowest BCUT2D eigenvalue weighted by atomic mass is 10.0. The third-order valence-corrected chi connectivity index (χ3v) is 3.64. The van der Waals surface area contributed by atoms with E-state index in [1.54, 1.807) is 0 Å². The van der Waals surface area contributed by atoms with Gasteiger partial charge >= 0.3 is 12.0 Å². The van der Waals surface area contributed by atoms with Gasteiger partial charge in [0.25, 0.3) is 0 Å². The van der Waals surface area contributed by atoms with Crippen molar-refractivity contribution in [2.24, 2.45) is 5.92 Å². The number of carboxylic acids is 1. The fraction of sp³-hybridized carbons (Fsp3) is 0.643. The van der Waals surface area contributed by atoms with Crippen molar-refractivity contribution in [1.82, 2.24) is 20.2 Å². The van der Waals surface area contributed by atoms with Gasteiger partial charge in [-0.05, 0) is 19.3 Å². The fourth-order valence-electron chi connectivity index (χ4n) is 2.73. The highest BCUT2D eigenvalue weighted by molar-refractivity contribution is 5.83. The van der Waals surface area contributed by atoms with Crippen LogP contribution in [0.3, 0.4) is 0 Å². The second kappa shape index (κ2) is 6.15. The maximum atomic E-state index is 12.4. The zero-order valence-electron chi connectivity index (χ0n) is 12.6. The number of H-pyrrole nitrogens is 1. The Kier molecular flexibility index (Phi) is 4.50. The van der Waals surface area contributed by atoms with E-state index in [-0.39, 0.29) is 25.0 Å². The molecule has 2 atom stereocenters. The first-order valence-corrected chi connectivity index (χ1v) is 7.19. The van der Waals surface area contributed by atoms with Crippen molar-refractivity contribution < 1.29 is 14.7 Å². The lowest BCUT2D eigenvalue weighted by Gasteiger charge is -2.33. The molecule has 2 rings (SSSR count). The number of rotatable bonds is 4. The number of carboxylic acid groups (broad SMARTS) is 1. The van der Waals surface area contributed by atoms with Crippen LogP contribution < -0.4 is 5.32 Å². The number of hydrogen-bond acceptors (Lipinski definition) is 3. The summed E-state index contributed by atoms with van der Waals surface area (Å²) in [5.74, 6) is -0.536. The Labute approximate surface area is 123 Å². The zero-order chi connectivity index (χ0) is 15.6. The Hall–Kier alpha value is -2.05. The number of amides is 2. The van der Waals surface area contributed by atoms with Gasteiger partial charge in [0.2, 0.25) is 0 Å². The molecule has 7 nitrogen and oxygen atoms in total. The van der Waals surface area contributed by atoms with E-state index in [1.165, 1.54) is 11.2 Å². The van der Waals surface area contributed by atoms with Crippen LogP contribution in [0.15, 0.2) is 6.33 Å². The zero-order valence-corrected chi connectivity index (χ0v) is 12.6. The van der Waals surface area contributed by atoms with E-state index in [0.717, 1.165) is 17.8 Å². The highest BCUT2D eigenvalue weighted by Crippen LogP contribution is 2.21. The average molecular weight is 294 g/mol. The van der Waals surface area contributed by atoms with Crippen LogP contribution in [0.2, 0.25) is 0 Å². The number of carbonyl (C=O) groups is 2. The molecule has 1 aromatic heterocycles. The van der Waals surface area contributed by atoms with Crippen LogP contribution in [-0.4, -0.2) is 44.1 Å². The number of hydrogen-bond donors (Lipinski definition) is 3. The molecule has 0 saturated heterocycles. The fourth-order valence-corrected chi connectivity index (χ4v) is 2.73. The number of nitrogens with zero attached hydrogens (tertiary/aromatic N) is 2. The third-order valence-electron chi connectivity index (χ3n) is 3.64. The van der Waals surface area contributed by atoms with Gasteiger partial charge in [0, 0.05) is 12.5 Å². The largest absolute Gasteiger partial charge is 0.480 e. The number of urea groups is 1. The third kappa shape index (κ3) is 3.53. The Bertz CT molecular complexity index is 526. The van der Waals surface area contributed by atoms with Crippen LogP contribution in [-0.2, 0) is 17.8 Å². The highest BCUT2D eigenvalue weighted by Gasteiger charge is 2.36. The van der Waals surface area contributed by atoms with Gasteiger partial charge in [-0.1, -0.05) is 13.8 Å². The van der Waals surface area contributed by atoms with Crippen LogP contribution in [0.4, 0.5) is 4.79 Å². The van der Waals surface area contributed by atoms with Gasteiger partial charge in [-0.25, -0.2) is 14.6 Å². The molecule has 1 aromatic rings. The van der Waals surface area contributed by atoms with E-state index in [1.807, 2.05) is 6.92 Å². The van der Waals surface area contributed by atoms with Gasteiger partial charge in [0.15, 0.2) is 0 Å². The van der Waals surface area contributed by atoms with Crippen molar-refractivity contribution in [2.75, 3.05) is 0 Å². The summed E-state index contributed by atoms with van der Waals surface area (Å²) < 4.78 is 0. The molecule has 116 valence electrons.